The number of aryl methyl sites for hydroxylation is 3. The maximum Gasteiger partial charge on any atom is 0.234 e. The van der Waals surface area contributed by atoms with Gasteiger partial charge in [-0.2, -0.15) is 0 Å². The Morgan fingerprint density at radius 3 is 2.75 bits per heavy atom. The molecule has 1 aliphatic rings. The number of aromatic nitrogens is 3. The first kappa shape index (κ1) is 22.4. The molecule has 32 heavy (non-hydrogen) atoms. The number of hydrogen-bond acceptors (Lipinski definition) is 5. The van der Waals surface area contributed by atoms with E-state index in [0.29, 0.717) is 6.61 Å². The molecule has 1 N–H and O–H groups in total. The van der Waals surface area contributed by atoms with Crippen LogP contribution in [0.4, 0.5) is 5.69 Å². The molecular formula is C25H30N4O2S. The molecule has 7 heteroatoms. The fourth-order valence-corrected chi connectivity index (χ4v) is 4.82. The quantitative estimate of drug-likeness (QED) is 0.483. The van der Waals surface area contributed by atoms with Gasteiger partial charge in [0.25, 0.3) is 0 Å². The van der Waals surface area contributed by atoms with Crippen LogP contribution in [-0.2, 0) is 30.8 Å². The van der Waals surface area contributed by atoms with Crippen LogP contribution in [0.2, 0.25) is 0 Å². The van der Waals surface area contributed by atoms with Crippen LogP contribution in [0.1, 0.15) is 47.8 Å². The average molecular weight is 451 g/mol. The Hall–Kier alpha value is -2.80. The van der Waals surface area contributed by atoms with Crippen molar-refractivity contribution < 1.29 is 9.53 Å². The van der Waals surface area contributed by atoms with Crippen LogP contribution in [0.3, 0.4) is 0 Å². The molecule has 0 atom stereocenters. The second-order valence-corrected chi connectivity index (χ2v) is 9.10. The Kier molecular flexibility index (Phi) is 7.15. The lowest BCUT2D eigenvalue weighted by Gasteiger charge is -2.16. The van der Waals surface area contributed by atoms with E-state index in [-0.39, 0.29) is 11.7 Å². The summed E-state index contributed by atoms with van der Waals surface area (Å²) < 4.78 is 8.04. The molecule has 0 fully saturated rings. The smallest absolute Gasteiger partial charge is 0.234 e. The SMILES string of the molecule is CCn1c(COc2ccc3c(c2)CCCC3)nnc1SCC(=O)Nc1cccc(C)c1C. The van der Waals surface area contributed by atoms with E-state index in [1.165, 1.54) is 35.7 Å². The molecule has 0 spiro atoms. The lowest BCUT2D eigenvalue weighted by molar-refractivity contribution is -0.113. The Balaban J connectivity index is 1.35. The Bertz CT molecular complexity index is 1110. The maximum atomic E-state index is 12.5. The molecule has 1 aromatic heterocycles. The van der Waals surface area contributed by atoms with Crippen LogP contribution in [0.25, 0.3) is 0 Å². The Morgan fingerprint density at radius 2 is 1.94 bits per heavy atom. The van der Waals surface area contributed by atoms with Gasteiger partial charge in [-0.1, -0.05) is 30.0 Å². The zero-order chi connectivity index (χ0) is 22.5. The van der Waals surface area contributed by atoms with Gasteiger partial charge in [0, 0.05) is 12.2 Å². The van der Waals surface area contributed by atoms with Crippen molar-refractivity contribution in [3.8, 4) is 5.75 Å². The van der Waals surface area contributed by atoms with Gasteiger partial charge in [-0.3, -0.25) is 4.79 Å². The van der Waals surface area contributed by atoms with Crippen LogP contribution < -0.4 is 10.1 Å². The number of hydrogen-bond donors (Lipinski definition) is 1. The predicted molar refractivity (Wildman–Crippen MR) is 128 cm³/mol. The summed E-state index contributed by atoms with van der Waals surface area (Å²) in [7, 11) is 0. The van der Waals surface area contributed by atoms with Crippen molar-refractivity contribution >= 4 is 23.4 Å². The minimum atomic E-state index is -0.0544. The number of carbonyl (C=O) groups excluding carboxylic acids is 1. The normalized spacial score (nSPS) is 13.0. The zero-order valence-electron chi connectivity index (χ0n) is 19.0. The summed E-state index contributed by atoms with van der Waals surface area (Å²) >= 11 is 1.39. The summed E-state index contributed by atoms with van der Waals surface area (Å²) in [6.07, 6.45) is 4.81. The first-order valence-electron chi connectivity index (χ1n) is 11.2. The van der Waals surface area contributed by atoms with Gasteiger partial charge in [0.05, 0.1) is 5.75 Å². The number of ether oxygens (including phenoxy) is 1. The van der Waals surface area contributed by atoms with Crippen molar-refractivity contribution in [1.82, 2.24) is 14.8 Å². The van der Waals surface area contributed by atoms with Gasteiger partial charge in [-0.15, -0.1) is 10.2 Å². The minimum Gasteiger partial charge on any atom is -0.486 e. The number of amides is 1. The molecular weight excluding hydrogens is 420 g/mol. The van der Waals surface area contributed by atoms with Crippen molar-refractivity contribution in [3.05, 3.63) is 64.5 Å². The highest BCUT2D eigenvalue weighted by molar-refractivity contribution is 7.99. The summed E-state index contributed by atoms with van der Waals surface area (Å²) in [6.45, 7) is 7.18. The van der Waals surface area contributed by atoms with Gasteiger partial charge in [-0.05, 0) is 86.9 Å². The monoisotopic (exact) mass is 450 g/mol. The van der Waals surface area contributed by atoms with E-state index in [4.69, 9.17) is 4.74 Å². The van der Waals surface area contributed by atoms with Gasteiger partial charge in [-0.25, -0.2) is 0 Å². The van der Waals surface area contributed by atoms with E-state index in [0.717, 1.165) is 52.9 Å². The largest absolute Gasteiger partial charge is 0.486 e. The molecule has 0 unspecified atom stereocenters. The van der Waals surface area contributed by atoms with E-state index in [1.807, 2.05) is 49.6 Å². The number of anilines is 1. The van der Waals surface area contributed by atoms with Gasteiger partial charge in [0.15, 0.2) is 11.0 Å². The summed E-state index contributed by atoms with van der Waals surface area (Å²) in [6, 6.07) is 12.3. The standard InChI is InChI=1S/C25H30N4O2S/c1-4-29-23(15-31-21-13-12-19-9-5-6-10-20(19)14-21)27-28-25(29)32-16-24(30)26-22-11-7-8-17(2)18(22)3/h7-8,11-14H,4-6,9-10,15-16H2,1-3H3,(H,26,30). The molecule has 4 rings (SSSR count). The Morgan fingerprint density at radius 1 is 1.12 bits per heavy atom. The fraction of sp³-hybridized carbons (Fsp3) is 0.400. The molecule has 0 saturated carbocycles. The molecule has 0 aliphatic heterocycles. The van der Waals surface area contributed by atoms with Gasteiger partial charge in [0.2, 0.25) is 5.91 Å². The second-order valence-electron chi connectivity index (χ2n) is 8.15. The first-order chi connectivity index (χ1) is 15.5. The number of rotatable bonds is 8. The number of nitrogens with one attached hydrogen (secondary N) is 1. The van der Waals surface area contributed by atoms with E-state index in [9.17, 15) is 4.79 Å². The van der Waals surface area contributed by atoms with E-state index in [1.54, 1.807) is 0 Å². The number of thioether (sulfide) groups is 1. The van der Waals surface area contributed by atoms with Crippen LogP contribution in [0, 0.1) is 13.8 Å². The minimum absolute atomic E-state index is 0.0544. The zero-order valence-corrected chi connectivity index (χ0v) is 19.8. The molecule has 2 aromatic carbocycles. The van der Waals surface area contributed by atoms with Crippen molar-refractivity contribution in [1.29, 1.82) is 0 Å². The molecule has 6 nitrogen and oxygen atoms in total. The van der Waals surface area contributed by atoms with E-state index in [2.05, 4.69) is 27.6 Å². The lowest BCUT2D eigenvalue weighted by atomic mass is 9.92. The third-order valence-corrected chi connectivity index (χ3v) is 6.98. The highest BCUT2D eigenvalue weighted by Crippen LogP contribution is 2.26. The highest BCUT2D eigenvalue weighted by Gasteiger charge is 2.15. The molecule has 0 radical (unpaired) electrons. The molecule has 168 valence electrons. The predicted octanol–water partition coefficient (Wildman–Crippen LogP) is 5.10. The molecule has 0 saturated heterocycles. The third-order valence-electron chi connectivity index (χ3n) is 6.01. The first-order valence-corrected chi connectivity index (χ1v) is 12.2. The summed E-state index contributed by atoms with van der Waals surface area (Å²) in [5.41, 5.74) is 5.94. The summed E-state index contributed by atoms with van der Waals surface area (Å²) in [4.78, 5) is 12.5. The summed E-state index contributed by atoms with van der Waals surface area (Å²) in [5, 5.41) is 12.3. The van der Waals surface area contributed by atoms with Crippen molar-refractivity contribution in [2.24, 2.45) is 0 Å². The van der Waals surface area contributed by atoms with Crippen LogP contribution >= 0.6 is 11.8 Å². The molecule has 0 bridgehead atoms. The second kappa shape index (κ2) is 10.2. The number of carbonyl (C=O) groups is 1. The average Bonchev–Trinajstić information content (AvgIpc) is 3.21. The van der Waals surface area contributed by atoms with Crippen molar-refractivity contribution in [3.63, 3.8) is 0 Å². The van der Waals surface area contributed by atoms with Gasteiger partial charge >= 0.3 is 0 Å². The molecule has 1 heterocycles. The third kappa shape index (κ3) is 5.15. The molecule has 1 amide bonds. The number of benzene rings is 2. The van der Waals surface area contributed by atoms with E-state index >= 15 is 0 Å². The molecule has 1 aliphatic carbocycles. The van der Waals surface area contributed by atoms with Gasteiger partial charge in [0.1, 0.15) is 12.4 Å². The summed E-state index contributed by atoms with van der Waals surface area (Å²) in [5.74, 6) is 1.86. The fourth-order valence-electron chi connectivity index (χ4n) is 4.00. The highest BCUT2D eigenvalue weighted by atomic mass is 32.2. The van der Waals surface area contributed by atoms with Crippen LogP contribution in [0.5, 0.6) is 5.75 Å². The van der Waals surface area contributed by atoms with Crippen LogP contribution in [0.15, 0.2) is 41.6 Å². The number of fused-ring (bicyclic) bond motifs is 1. The van der Waals surface area contributed by atoms with Crippen molar-refractivity contribution in [2.45, 2.75) is 64.8 Å². The number of nitrogens with zero attached hydrogens (tertiary/aromatic N) is 3. The maximum absolute atomic E-state index is 12.5. The lowest BCUT2D eigenvalue weighted by Crippen LogP contribution is -2.16. The van der Waals surface area contributed by atoms with E-state index < -0.39 is 0 Å². The molecule has 3 aromatic rings. The van der Waals surface area contributed by atoms with Crippen molar-refractivity contribution in [2.75, 3.05) is 11.1 Å². The topological polar surface area (TPSA) is 69.0 Å². The van der Waals surface area contributed by atoms with Crippen LogP contribution in [-0.4, -0.2) is 26.4 Å². The van der Waals surface area contributed by atoms with Gasteiger partial charge < -0.3 is 14.6 Å². The Labute approximate surface area is 193 Å².